The number of nitrogens with one attached hydrogen (secondary N) is 1. The molecular weight excluding hydrogens is 322 g/mol. The van der Waals surface area contributed by atoms with Gasteiger partial charge in [0, 0.05) is 10.5 Å². The van der Waals surface area contributed by atoms with Crippen molar-refractivity contribution in [3.63, 3.8) is 0 Å². The average molecular weight is 345 g/mol. The standard InChI is InChI=1S/C19H23NO3S/c1-13-8-9-18(23-4)17(10-13)14(2)20-19(21)12-24-16-7-5-6-15(11-16)22-3/h5-11,14H,12H2,1-4H3,(H,20,21)/t14-/m0/s1. The second-order valence-electron chi connectivity index (χ2n) is 5.50. The molecular formula is C19H23NO3S. The van der Waals surface area contributed by atoms with Crippen molar-refractivity contribution >= 4 is 17.7 Å². The number of hydrogen-bond donors (Lipinski definition) is 1. The second-order valence-corrected chi connectivity index (χ2v) is 6.55. The summed E-state index contributed by atoms with van der Waals surface area (Å²) >= 11 is 1.49. The van der Waals surface area contributed by atoms with E-state index < -0.39 is 0 Å². The highest BCUT2D eigenvalue weighted by molar-refractivity contribution is 8.00. The Hall–Kier alpha value is -2.14. The molecule has 1 N–H and O–H groups in total. The van der Waals surface area contributed by atoms with Gasteiger partial charge in [-0.15, -0.1) is 11.8 Å². The number of amides is 1. The first-order valence-electron chi connectivity index (χ1n) is 7.74. The predicted octanol–water partition coefficient (Wildman–Crippen LogP) is 3.98. The largest absolute Gasteiger partial charge is 0.497 e. The molecule has 0 unspecified atom stereocenters. The van der Waals surface area contributed by atoms with Crippen molar-refractivity contribution in [1.82, 2.24) is 5.32 Å². The maximum Gasteiger partial charge on any atom is 0.230 e. The molecule has 4 nitrogen and oxygen atoms in total. The molecule has 1 atom stereocenters. The fourth-order valence-electron chi connectivity index (χ4n) is 2.39. The number of carbonyl (C=O) groups is 1. The Kier molecular flexibility index (Phi) is 6.55. The maximum atomic E-state index is 12.2. The summed E-state index contributed by atoms with van der Waals surface area (Å²) in [5.74, 6) is 1.91. The summed E-state index contributed by atoms with van der Waals surface area (Å²) in [5.41, 5.74) is 2.12. The lowest BCUT2D eigenvalue weighted by molar-refractivity contribution is -0.119. The Morgan fingerprint density at radius 3 is 2.67 bits per heavy atom. The van der Waals surface area contributed by atoms with E-state index in [1.807, 2.05) is 56.3 Å². The summed E-state index contributed by atoms with van der Waals surface area (Å²) in [6.45, 7) is 3.99. The van der Waals surface area contributed by atoms with Gasteiger partial charge in [0.2, 0.25) is 5.91 Å². The first-order chi connectivity index (χ1) is 11.5. The van der Waals surface area contributed by atoms with Crippen LogP contribution in [0.25, 0.3) is 0 Å². The fourth-order valence-corrected chi connectivity index (χ4v) is 3.15. The number of thioether (sulfide) groups is 1. The third kappa shape index (κ3) is 4.93. The molecule has 2 aromatic rings. The highest BCUT2D eigenvalue weighted by Crippen LogP contribution is 2.27. The molecule has 0 spiro atoms. The zero-order valence-corrected chi connectivity index (χ0v) is 15.3. The molecule has 0 saturated heterocycles. The van der Waals surface area contributed by atoms with E-state index >= 15 is 0 Å². The SMILES string of the molecule is COc1cccc(SCC(=O)N[C@@H](C)c2cc(C)ccc2OC)c1. The van der Waals surface area contributed by atoms with Crippen molar-refractivity contribution in [3.8, 4) is 11.5 Å². The van der Waals surface area contributed by atoms with E-state index in [1.54, 1.807) is 14.2 Å². The molecule has 0 bridgehead atoms. The first-order valence-corrected chi connectivity index (χ1v) is 8.72. The molecule has 2 rings (SSSR count). The minimum Gasteiger partial charge on any atom is -0.497 e. The van der Waals surface area contributed by atoms with Crippen LogP contribution in [0.15, 0.2) is 47.4 Å². The van der Waals surface area contributed by atoms with E-state index in [-0.39, 0.29) is 11.9 Å². The van der Waals surface area contributed by atoms with Gasteiger partial charge in [-0.3, -0.25) is 4.79 Å². The molecule has 24 heavy (non-hydrogen) atoms. The second kappa shape index (κ2) is 8.64. The number of benzene rings is 2. The highest BCUT2D eigenvalue weighted by atomic mass is 32.2. The number of carbonyl (C=O) groups excluding carboxylic acids is 1. The van der Waals surface area contributed by atoms with Crippen molar-refractivity contribution in [2.45, 2.75) is 24.8 Å². The van der Waals surface area contributed by atoms with Crippen LogP contribution in [0.5, 0.6) is 11.5 Å². The smallest absolute Gasteiger partial charge is 0.230 e. The Balaban J connectivity index is 1.95. The van der Waals surface area contributed by atoms with Gasteiger partial charge in [0.15, 0.2) is 0 Å². The van der Waals surface area contributed by atoms with Gasteiger partial charge >= 0.3 is 0 Å². The highest BCUT2D eigenvalue weighted by Gasteiger charge is 2.14. The van der Waals surface area contributed by atoms with Crippen molar-refractivity contribution < 1.29 is 14.3 Å². The Labute approximate surface area is 147 Å². The predicted molar refractivity (Wildman–Crippen MR) is 98.0 cm³/mol. The summed E-state index contributed by atoms with van der Waals surface area (Å²) in [7, 11) is 3.27. The molecule has 5 heteroatoms. The lowest BCUT2D eigenvalue weighted by Gasteiger charge is -2.18. The van der Waals surface area contributed by atoms with Gasteiger partial charge in [-0.2, -0.15) is 0 Å². The van der Waals surface area contributed by atoms with E-state index in [4.69, 9.17) is 9.47 Å². The average Bonchev–Trinajstić information content (AvgIpc) is 2.60. The lowest BCUT2D eigenvalue weighted by Crippen LogP contribution is -2.28. The molecule has 0 aliphatic heterocycles. The summed E-state index contributed by atoms with van der Waals surface area (Å²) in [6.07, 6.45) is 0. The van der Waals surface area contributed by atoms with Crippen LogP contribution < -0.4 is 14.8 Å². The fraction of sp³-hybridized carbons (Fsp3) is 0.316. The number of methoxy groups -OCH3 is 2. The third-order valence-corrected chi connectivity index (χ3v) is 4.63. The molecule has 0 aromatic heterocycles. The van der Waals surface area contributed by atoms with Crippen LogP contribution in [0, 0.1) is 6.92 Å². The van der Waals surface area contributed by atoms with Crippen molar-refractivity contribution in [2.75, 3.05) is 20.0 Å². The minimum absolute atomic E-state index is 0.0149. The van der Waals surface area contributed by atoms with Gasteiger partial charge in [-0.25, -0.2) is 0 Å². The topological polar surface area (TPSA) is 47.6 Å². The number of hydrogen-bond acceptors (Lipinski definition) is 4. The molecule has 128 valence electrons. The quantitative estimate of drug-likeness (QED) is 0.771. The first kappa shape index (κ1) is 18.2. The number of rotatable bonds is 7. The van der Waals surface area contributed by atoms with Gasteiger partial charge < -0.3 is 14.8 Å². The monoisotopic (exact) mass is 345 g/mol. The summed E-state index contributed by atoms with van der Waals surface area (Å²) < 4.78 is 10.6. The number of ether oxygens (including phenoxy) is 2. The normalized spacial score (nSPS) is 11.7. The van der Waals surface area contributed by atoms with Crippen LogP contribution in [0.1, 0.15) is 24.1 Å². The zero-order chi connectivity index (χ0) is 17.5. The van der Waals surface area contributed by atoms with Crippen LogP contribution in [0.3, 0.4) is 0 Å². The molecule has 0 saturated carbocycles. The molecule has 2 aromatic carbocycles. The van der Waals surface area contributed by atoms with E-state index in [0.29, 0.717) is 5.75 Å². The van der Waals surface area contributed by atoms with Crippen LogP contribution in [-0.4, -0.2) is 25.9 Å². The zero-order valence-electron chi connectivity index (χ0n) is 14.5. The van der Waals surface area contributed by atoms with Gasteiger partial charge in [-0.05, 0) is 38.1 Å². The van der Waals surface area contributed by atoms with Crippen LogP contribution in [-0.2, 0) is 4.79 Å². The molecule has 0 heterocycles. The molecule has 0 aliphatic carbocycles. The molecule has 1 amide bonds. The van der Waals surface area contributed by atoms with Gasteiger partial charge in [0.05, 0.1) is 26.0 Å². The minimum atomic E-state index is -0.113. The lowest BCUT2D eigenvalue weighted by atomic mass is 10.0. The van der Waals surface area contributed by atoms with Crippen LogP contribution >= 0.6 is 11.8 Å². The van der Waals surface area contributed by atoms with Gasteiger partial charge in [0.25, 0.3) is 0 Å². The third-order valence-electron chi connectivity index (χ3n) is 3.64. The van der Waals surface area contributed by atoms with Gasteiger partial charge in [0.1, 0.15) is 11.5 Å². The van der Waals surface area contributed by atoms with Crippen molar-refractivity contribution in [3.05, 3.63) is 53.6 Å². The van der Waals surface area contributed by atoms with Crippen molar-refractivity contribution in [1.29, 1.82) is 0 Å². The maximum absolute atomic E-state index is 12.2. The van der Waals surface area contributed by atoms with Gasteiger partial charge in [-0.1, -0.05) is 23.8 Å². The number of aryl methyl sites for hydroxylation is 1. The Bertz CT molecular complexity index is 703. The molecule has 0 radical (unpaired) electrons. The summed E-state index contributed by atoms with van der Waals surface area (Å²) in [4.78, 5) is 13.2. The van der Waals surface area contributed by atoms with Crippen LogP contribution in [0.2, 0.25) is 0 Å². The molecule has 0 fully saturated rings. The molecule has 0 aliphatic rings. The Morgan fingerprint density at radius 2 is 1.96 bits per heavy atom. The van der Waals surface area contributed by atoms with E-state index in [1.165, 1.54) is 11.8 Å². The van der Waals surface area contributed by atoms with E-state index in [2.05, 4.69) is 5.32 Å². The summed E-state index contributed by atoms with van der Waals surface area (Å²) in [6, 6.07) is 13.5. The Morgan fingerprint density at radius 1 is 1.17 bits per heavy atom. The van der Waals surface area contributed by atoms with E-state index in [9.17, 15) is 4.79 Å². The summed E-state index contributed by atoms with van der Waals surface area (Å²) in [5, 5.41) is 3.03. The van der Waals surface area contributed by atoms with E-state index in [0.717, 1.165) is 27.5 Å². The van der Waals surface area contributed by atoms with Crippen molar-refractivity contribution in [2.24, 2.45) is 0 Å². The van der Waals surface area contributed by atoms with Crippen LogP contribution in [0.4, 0.5) is 0 Å².